The number of carbonyl (C=O) groups is 3. The molecule has 0 aliphatic carbocycles. The number of nitrogens with one attached hydrogen (secondary N) is 2. The summed E-state index contributed by atoms with van der Waals surface area (Å²) in [6.07, 6.45) is 0. The number of rotatable bonds is 4. The number of urea groups is 1. The molecule has 160 valence electrons. The number of amides is 2. The number of benzene rings is 2. The van der Waals surface area contributed by atoms with Crippen LogP contribution in [-0.4, -0.2) is 29.2 Å². The second-order valence-electron chi connectivity index (χ2n) is 8.74. The van der Waals surface area contributed by atoms with Crippen LogP contribution in [0.4, 0.5) is 16.2 Å². The summed E-state index contributed by atoms with van der Waals surface area (Å²) in [5.74, 6) is -0.854. The van der Waals surface area contributed by atoms with Crippen LogP contribution < -0.4 is 10.6 Å². The van der Waals surface area contributed by atoms with Crippen LogP contribution >= 0.6 is 0 Å². The van der Waals surface area contributed by atoms with E-state index in [9.17, 15) is 14.4 Å². The Bertz CT molecular complexity index is 829. The monoisotopic (exact) mass is 412 g/mol. The van der Waals surface area contributed by atoms with E-state index in [0.717, 1.165) is 0 Å². The van der Waals surface area contributed by atoms with Crippen LogP contribution in [0.15, 0.2) is 48.5 Å². The number of anilines is 2. The van der Waals surface area contributed by atoms with Gasteiger partial charge >= 0.3 is 18.0 Å². The summed E-state index contributed by atoms with van der Waals surface area (Å²) in [4.78, 5) is 36.3. The second-order valence-corrected chi connectivity index (χ2v) is 8.74. The van der Waals surface area contributed by atoms with Crippen molar-refractivity contribution in [2.45, 2.75) is 52.7 Å². The third-order valence-corrected chi connectivity index (χ3v) is 3.55. The molecule has 0 radical (unpaired) electrons. The Hall–Kier alpha value is -3.35. The van der Waals surface area contributed by atoms with Gasteiger partial charge in [-0.05, 0) is 90.1 Å². The summed E-state index contributed by atoms with van der Waals surface area (Å²) < 4.78 is 10.6. The molecule has 2 aromatic rings. The third-order valence-electron chi connectivity index (χ3n) is 3.55. The van der Waals surface area contributed by atoms with E-state index in [0.29, 0.717) is 22.5 Å². The average Bonchev–Trinajstić information content (AvgIpc) is 2.60. The number of hydrogen-bond acceptors (Lipinski definition) is 5. The normalized spacial score (nSPS) is 11.4. The molecule has 0 fully saturated rings. The van der Waals surface area contributed by atoms with Gasteiger partial charge in [0.15, 0.2) is 0 Å². The third kappa shape index (κ3) is 7.58. The minimum Gasteiger partial charge on any atom is -0.456 e. The van der Waals surface area contributed by atoms with Crippen molar-refractivity contribution in [2.24, 2.45) is 0 Å². The number of carbonyl (C=O) groups excluding carboxylic acids is 3. The lowest BCUT2D eigenvalue weighted by Crippen LogP contribution is -2.24. The van der Waals surface area contributed by atoms with Crippen molar-refractivity contribution in [3.8, 4) is 0 Å². The molecule has 0 aliphatic rings. The predicted octanol–water partition coefficient (Wildman–Crippen LogP) is 5.24. The van der Waals surface area contributed by atoms with E-state index in [4.69, 9.17) is 9.47 Å². The van der Waals surface area contributed by atoms with Gasteiger partial charge in [-0.25, -0.2) is 14.4 Å². The number of ether oxygens (including phenoxy) is 2. The Morgan fingerprint density at radius 2 is 0.900 bits per heavy atom. The summed E-state index contributed by atoms with van der Waals surface area (Å²) in [6.45, 7) is 10.8. The molecule has 2 N–H and O–H groups in total. The van der Waals surface area contributed by atoms with Crippen LogP contribution in [0.5, 0.6) is 0 Å². The zero-order chi connectivity index (χ0) is 22.5. The van der Waals surface area contributed by atoms with Gasteiger partial charge in [0.2, 0.25) is 0 Å². The standard InChI is InChI=1S/C23H28N2O5/c1-22(2,3)29-19(26)15-7-11-17(12-8-15)24-21(28)25-18-13-9-16(10-14-18)20(27)30-23(4,5)6/h7-14H,1-6H3,(H2,24,25,28). The van der Waals surface area contributed by atoms with Crippen molar-refractivity contribution in [3.63, 3.8) is 0 Å². The van der Waals surface area contributed by atoms with Crippen LogP contribution in [-0.2, 0) is 9.47 Å². The van der Waals surface area contributed by atoms with Gasteiger partial charge in [0.1, 0.15) is 11.2 Å². The first kappa shape index (κ1) is 22.9. The fourth-order valence-corrected chi connectivity index (χ4v) is 2.35. The van der Waals surface area contributed by atoms with E-state index >= 15 is 0 Å². The molecule has 2 aromatic carbocycles. The molecular formula is C23H28N2O5. The molecular weight excluding hydrogens is 384 g/mol. The van der Waals surface area contributed by atoms with Gasteiger partial charge < -0.3 is 20.1 Å². The quantitative estimate of drug-likeness (QED) is 0.670. The molecule has 0 saturated carbocycles. The fraction of sp³-hybridized carbons (Fsp3) is 0.348. The maximum Gasteiger partial charge on any atom is 0.338 e. The van der Waals surface area contributed by atoms with Crippen molar-refractivity contribution < 1.29 is 23.9 Å². The lowest BCUT2D eigenvalue weighted by atomic mass is 10.1. The van der Waals surface area contributed by atoms with Gasteiger partial charge in [0, 0.05) is 11.4 Å². The lowest BCUT2D eigenvalue weighted by Gasteiger charge is -2.19. The van der Waals surface area contributed by atoms with Crippen molar-refractivity contribution in [1.82, 2.24) is 0 Å². The van der Waals surface area contributed by atoms with Gasteiger partial charge in [0.25, 0.3) is 0 Å². The highest BCUT2D eigenvalue weighted by atomic mass is 16.6. The summed E-state index contributed by atoms with van der Waals surface area (Å²) in [5, 5.41) is 5.36. The Labute approximate surface area is 176 Å². The summed E-state index contributed by atoms with van der Waals surface area (Å²) in [7, 11) is 0. The van der Waals surface area contributed by atoms with Crippen LogP contribution in [0.3, 0.4) is 0 Å². The van der Waals surface area contributed by atoms with E-state index in [1.807, 2.05) is 0 Å². The highest BCUT2D eigenvalue weighted by Crippen LogP contribution is 2.17. The van der Waals surface area contributed by atoms with Crippen LogP contribution in [0.25, 0.3) is 0 Å². The first-order valence-corrected chi connectivity index (χ1v) is 9.57. The molecule has 7 nitrogen and oxygen atoms in total. The molecule has 0 saturated heterocycles. The van der Waals surface area contributed by atoms with Gasteiger partial charge in [-0.1, -0.05) is 0 Å². The van der Waals surface area contributed by atoms with Crippen molar-refractivity contribution in [2.75, 3.05) is 10.6 Å². The Morgan fingerprint density at radius 1 is 0.600 bits per heavy atom. The van der Waals surface area contributed by atoms with Gasteiger partial charge in [-0.15, -0.1) is 0 Å². The SMILES string of the molecule is CC(C)(C)OC(=O)c1ccc(NC(=O)Nc2ccc(C(=O)OC(C)(C)C)cc2)cc1. The molecule has 0 atom stereocenters. The number of esters is 2. The van der Waals surface area contributed by atoms with Gasteiger partial charge in [0.05, 0.1) is 11.1 Å². The molecule has 2 rings (SSSR count). The lowest BCUT2D eigenvalue weighted by molar-refractivity contribution is 0.00570. The van der Waals surface area contributed by atoms with Gasteiger partial charge in [-0.2, -0.15) is 0 Å². The molecule has 30 heavy (non-hydrogen) atoms. The molecule has 0 aromatic heterocycles. The molecule has 0 heterocycles. The maximum atomic E-state index is 12.2. The molecule has 0 spiro atoms. The molecule has 0 unspecified atom stereocenters. The largest absolute Gasteiger partial charge is 0.456 e. The summed E-state index contributed by atoms with van der Waals surface area (Å²) in [5.41, 5.74) is 0.678. The van der Waals surface area contributed by atoms with E-state index < -0.39 is 29.2 Å². The smallest absolute Gasteiger partial charge is 0.338 e. The van der Waals surface area contributed by atoms with E-state index in [-0.39, 0.29) is 0 Å². The predicted molar refractivity (Wildman–Crippen MR) is 116 cm³/mol. The summed E-state index contributed by atoms with van der Waals surface area (Å²) >= 11 is 0. The Balaban J connectivity index is 1.93. The Kier molecular flexibility index (Phi) is 6.87. The highest BCUT2D eigenvalue weighted by molar-refractivity contribution is 6.00. The average molecular weight is 412 g/mol. The molecule has 2 amide bonds. The van der Waals surface area contributed by atoms with Crippen LogP contribution in [0, 0.1) is 0 Å². The second kappa shape index (κ2) is 8.98. The van der Waals surface area contributed by atoms with Gasteiger partial charge in [-0.3, -0.25) is 0 Å². The maximum absolute atomic E-state index is 12.2. The molecule has 0 bridgehead atoms. The highest BCUT2D eigenvalue weighted by Gasteiger charge is 2.19. The van der Waals surface area contributed by atoms with Crippen molar-refractivity contribution in [1.29, 1.82) is 0 Å². The first-order valence-electron chi connectivity index (χ1n) is 9.57. The summed E-state index contributed by atoms with van der Waals surface area (Å²) in [6, 6.07) is 12.3. The molecule has 7 heteroatoms. The minimum absolute atomic E-state index is 0.397. The van der Waals surface area contributed by atoms with Crippen LogP contribution in [0.1, 0.15) is 62.3 Å². The topological polar surface area (TPSA) is 93.7 Å². The van der Waals surface area contributed by atoms with E-state index in [1.165, 1.54) is 0 Å². The van der Waals surface area contributed by atoms with Crippen LogP contribution in [0.2, 0.25) is 0 Å². The van der Waals surface area contributed by atoms with E-state index in [1.54, 1.807) is 90.1 Å². The Morgan fingerprint density at radius 3 is 1.17 bits per heavy atom. The fourth-order valence-electron chi connectivity index (χ4n) is 2.35. The first-order chi connectivity index (χ1) is 13.8. The number of hydrogen-bond donors (Lipinski definition) is 2. The van der Waals surface area contributed by atoms with E-state index in [2.05, 4.69) is 10.6 Å². The molecule has 0 aliphatic heterocycles. The van der Waals surface area contributed by atoms with Crippen molar-refractivity contribution >= 4 is 29.3 Å². The minimum atomic E-state index is -0.576. The zero-order valence-electron chi connectivity index (χ0n) is 18.2. The zero-order valence-corrected chi connectivity index (χ0v) is 18.2. The van der Waals surface area contributed by atoms with Crippen molar-refractivity contribution in [3.05, 3.63) is 59.7 Å².